The van der Waals surface area contributed by atoms with Gasteiger partial charge in [-0.2, -0.15) is 0 Å². The molecule has 6 atom stereocenters. The third-order valence-corrected chi connectivity index (χ3v) is 9.00. The number of aliphatic hydroxyl groups excluding tert-OH is 4. The number of methoxy groups -OCH3 is 2. The Morgan fingerprint density at radius 3 is 1.72 bits per heavy atom. The Hall–Kier alpha value is -5.08. The van der Waals surface area contributed by atoms with Gasteiger partial charge in [0.2, 0.25) is 0 Å². The van der Waals surface area contributed by atoms with Gasteiger partial charge in [-0.25, -0.2) is 9.59 Å². The SMILES string of the molecule is COC(=O)[C@@]12Oc3cccc(Oc4ccc5c(c4O)C(O)=C4C(=O)C[C@H](C)[C@@H](O)[C@]4(C(=O)OC)O5)c3C(O)=C1C(=O)C[C@H](C)[C@H]2O. The van der Waals surface area contributed by atoms with Crippen LogP contribution in [-0.4, -0.2) is 86.7 Å². The average Bonchev–Trinajstić information content (AvgIpc) is 3.02. The number of ketones is 2. The summed E-state index contributed by atoms with van der Waals surface area (Å²) in [6.07, 6.45) is -3.60. The average molecular weight is 639 g/mol. The lowest BCUT2D eigenvalue weighted by atomic mass is 9.69. The van der Waals surface area contributed by atoms with E-state index >= 15 is 0 Å². The molecule has 14 heteroatoms. The maximum Gasteiger partial charge on any atom is 0.358 e. The molecule has 46 heavy (non-hydrogen) atoms. The lowest BCUT2D eigenvalue weighted by Gasteiger charge is -2.45. The second-order valence-corrected chi connectivity index (χ2v) is 11.7. The Morgan fingerprint density at radius 2 is 1.22 bits per heavy atom. The fraction of sp³-hybridized carbons (Fsp3) is 0.375. The highest BCUT2D eigenvalue weighted by atomic mass is 16.6. The summed E-state index contributed by atoms with van der Waals surface area (Å²) in [6, 6.07) is 6.55. The monoisotopic (exact) mass is 638 g/mol. The Kier molecular flexibility index (Phi) is 7.05. The molecule has 0 amide bonds. The van der Waals surface area contributed by atoms with Crippen molar-refractivity contribution in [2.75, 3.05) is 14.2 Å². The summed E-state index contributed by atoms with van der Waals surface area (Å²) >= 11 is 0. The third-order valence-electron chi connectivity index (χ3n) is 9.00. The molecule has 242 valence electrons. The van der Waals surface area contributed by atoms with E-state index in [1.54, 1.807) is 6.92 Å². The van der Waals surface area contributed by atoms with Crippen LogP contribution in [0.25, 0.3) is 11.5 Å². The number of esters is 2. The molecule has 4 aliphatic rings. The molecular weight excluding hydrogens is 608 g/mol. The maximum atomic E-state index is 13.2. The zero-order valence-corrected chi connectivity index (χ0v) is 25.0. The molecule has 0 aromatic heterocycles. The van der Waals surface area contributed by atoms with E-state index in [9.17, 15) is 44.7 Å². The van der Waals surface area contributed by atoms with Crippen LogP contribution < -0.4 is 14.2 Å². The van der Waals surface area contributed by atoms with Gasteiger partial charge in [0.1, 0.15) is 52.1 Å². The van der Waals surface area contributed by atoms with Crippen LogP contribution in [0, 0.1) is 11.8 Å². The Balaban J connectivity index is 1.48. The number of ether oxygens (including phenoxy) is 5. The lowest BCUT2D eigenvalue weighted by molar-refractivity contribution is -0.173. The number of carbonyl (C=O) groups excluding carboxylic acids is 4. The molecule has 5 N–H and O–H groups in total. The van der Waals surface area contributed by atoms with Crippen molar-refractivity contribution in [3.8, 4) is 28.7 Å². The van der Waals surface area contributed by atoms with Gasteiger partial charge in [0.25, 0.3) is 11.2 Å². The Morgan fingerprint density at radius 1 is 0.739 bits per heavy atom. The van der Waals surface area contributed by atoms with E-state index in [0.717, 1.165) is 14.2 Å². The number of hydrogen-bond acceptors (Lipinski definition) is 14. The number of Topliss-reactive ketones (excluding diaryl/α,β-unsaturated/α-hetero) is 2. The maximum absolute atomic E-state index is 13.2. The molecule has 2 aliphatic carbocycles. The number of aromatic hydroxyl groups is 1. The first kappa shape index (κ1) is 30.9. The number of aliphatic hydroxyl groups is 4. The van der Waals surface area contributed by atoms with Gasteiger partial charge in [-0.3, -0.25) is 9.59 Å². The standard InChI is InChI=1S/C32H30O14/c1-12-10-14(33)22-25(36)20-16(6-5-7-17(20)45-31(22,27(12)38)29(40)42-3)44-19-9-8-18-21(24(19)35)26(37)23-15(34)11-13(2)28(39)32(23,46-18)30(41)43-4/h5-9,12-13,27-28,35-39H,10-11H2,1-4H3/t12-,13-,27+,28+,31+,32+/m0/s1. The number of benzene rings is 2. The topological polar surface area (TPSA) is 216 Å². The van der Waals surface area contributed by atoms with Gasteiger partial charge in [0.15, 0.2) is 23.1 Å². The van der Waals surface area contributed by atoms with Crippen LogP contribution in [0.3, 0.4) is 0 Å². The van der Waals surface area contributed by atoms with Gasteiger partial charge in [0.05, 0.1) is 25.4 Å². The summed E-state index contributed by atoms with van der Waals surface area (Å²) in [6.45, 7) is 3.07. The number of fused-ring (bicyclic) bond motifs is 4. The Bertz CT molecular complexity index is 1790. The smallest absolute Gasteiger partial charge is 0.358 e. The molecular formula is C32H30O14. The van der Waals surface area contributed by atoms with E-state index in [1.807, 2.05) is 0 Å². The summed E-state index contributed by atoms with van der Waals surface area (Å²) in [5, 5.41) is 56.2. The summed E-state index contributed by atoms with van der Waals surface area (Å²) in [4.78, 5) is 52.4. The number of phenolic OH excluding ortho intramolecular Hbond substituents is 1. The molecule has 0 saturated heterocycles. The first-order valence-corrected chi connectivity index (χ1v) is 14.3. The minimum atomic E-state index is -2.40. The second kappa shape index (κ2) is 10.5. The molecule has 0 radical (unpaired) electrons. The van der Waals surface area contributed by atoms with Crippen LogP contribution in [-0.2, 0) is 28.7 Å². The van der Waals surface area contributed by atoms with Crippen LogP contribution in [0.2, 0.25) is 0 Å². The summed E-state index contributed by atoms with van der Waals surface area (Å²) in [5.74, 6) is -8.35. The van der Waals surface area contributed by atoms with Crippen LogP contribution in [0.5, 0.6) is 28.7 Å². The second-order valence-electron chi connectivity index (χ2n) is 11.7. The number of carbonyl (C=O) groups is 4. The molecule has 14 nitrogen and oxygen atoms in total. The molecule has 2 fully saturated rings. The van der Waals surface area contributed by atoms with E-state index in [4.69, 9.17) is 23.7 Å². The van der Waals surface area contributed by atoms with E-state index in [0.29, 0.717) is 0 Å². The van der Waals surface area contributed by atoms with Crippen molar-refractivity contribution >= 4 is 35.0 Å². The zero-order chi connectivity index (χ0) is 33.5. The Labute approximate surface area is 261 Å². The molecule has 2 saturated carbocycles. The van der Waals surface area contributed by atoms with Crippen molar-refractivity contribution in [1.29, 1.82) is 0 Å². The van der Waals surface area contributed by atoms with Crippen molar-refractivity contribution in [3.63, 3.8) is 0 Å². The lowest BCUT2D eigenvalue weighted by Crippen LogP contribution is -2.64. The largest absolute Gasteiger partial charge is 0.506 e. The number of rotatable bonds is 4. The fourth-order valence-corrected chi connectivity index (χ4v) is 6.77. The third kappa shape index (κ3) is 3.89. The molecule has 2 aliphatic heterocycles. The summed E-state index contributed by atoms with van der Waals surface area (Å²) in [7, 11) is 2.08. The van der Waals surface area contributed by atoms with Crippen molar-refractivity contribution in [2.45, 2.75) is 50.1 Å². The van der Waals surface area contributed by atoms with Crippen molar-refractivity contribution in [1.82, 2.24) is 0 Å². The predicted molar refractivity (Wildman–Crippen MR) is 154 cm³/mol. The van der Waals surface area contributed by atoms with Crippen molar-refractivity contribution < 1.29 is 68.4 Å². The van der Waals surface area contributed by atoms with Gasteiger partial charge in [-0.05, 0) is 36.1 Å². The number of phenols is 1. The summed E-state index contributed by atoms with van der Waals surface area (Å²) < 4.78 is 27.5. The first-order chi connectivity index (χ1) is 21.8. The van der Waals surface area contributed by atoms with Gasteiger partial charge in [-0.1, -0.05) is 19.9 Å². The highest BCUT2D eigenvalue weighted by molar-refractivity contribution is 6.13. The van der Waals surface area contributed by atoms with Gasteiger partial charge < -0.3 is 49.2 Å². The van der Waals surface area contributed by atoms with Gasteiger partial charge >= 0.3 is 11.9 Å². The van der Waals surface area contributed by atoms with E-state index in [-0.39, 0.29) is 41.4 Å². The minimum absolute atomic E-state index is 0.158. The van der Waals surface area contributed by atoms with E-state index in [2.05, 4.69) is 0 Å². The number of hydrogen-bond donors (Lipinski definition) is 5. The van der Waals surface area contributed by atoms with E-state index in [1.165, 1.54) is 37.3 Å². The molecule has 0 bridgehead atoms. The van der Waals surface area contributed by atoms with Crippen molar-refractivity contribution in [2.24, 2.45) is 11.8 Å². The molecule has 6 rings (SSSR count). The molecule has 0 spiro atoms. The zero-order valence-electron chi connectivity index (χ0n) is 25.0. The van der Waals surface area contributed by atoms with Crippen LogP contribution >= 0.6 is 0 Å². The highest BCUT2D eigenvalue weighted by Gasteiger charge is 2.64. The minimum Gasteiger partial charge on any atom is -0.506 e. The fourth-order valence-electron chi connectivity index (χ4n) is 6.77. The molecule has 2 aromatic carbocycles. The normalized spacial score (nSPS) is 29.8. The quantitative estimate of drug-likeness (QED) is 0.304. The first-order valence-electron chi connectivity index (χ1n) is 14.3. The van der Waals surface area contributed by atoms with Crippen LogP contribution in [0.4, 0.5) is 0 Å². The van der Waals surface area contributed by atoms with Gasteiger partial charge in [-0.15, -0.1) is 0 Å². The molecule has 0 unspecified atom stereocenters. The van der Waals surface area contributed by atoms with Crippen LogP contribution in [0.15, 0.2) is 41.5 Å². The highest BCUT2D eigenvalue weighted by Crippen LogP contribution is 2.54. The van der Waals surface area contributed by atoms with E-state index < -0.39 is 92.7 Å². The van der Waals surface area contributed by atoms with Crippen LogP contribution in [0.1, 0.15) is 37.8 Å². The van der Waals surface area contributed by atoms with Gasteiger partial charge in [0, 0.05) is 12.8 Å². The molecule has 2 aromatic rings. The molecule has 2 heterocycles. The summed E-state index contributed by atoms with van der Waals surface area (Å²) in [5.41, 5.74) is -6.49. The predicted octanol–water partition coefficient (Wildman–Crippen LogP) is 2.27. The van der Waals surface area contributed by atoms with Crippen molar-refractivity contribution in [3.05, 3.63) is 52.6 Å².